The van der Waals surface area contributed by atoms with E-state index in [1.54, 1.807) is 31.2 Å². The molecule has 0 aliphatic heterocycles. The fraction of sp³-hybridized carbons (Fsp3) is 0.348. The highest BCUT2D eigenvalue weighted by Gasteiger charge is 2.14. The lowest BCUT2D eigenvalue weighted by Gasteiger charge is -2.14. The van der Waals surface area contributed by atoms with Crippen LogP contribution in [0.3, 0.4) is 0 Å². The lowest BCUT2D eigenvalue weighted by atomic mass is 10.1. The fourth-order valence-corrected chi connectivity index (χ4v) is 3.46. The Balaban J connectivity index is 1.74. The number of aromatic nitrogens is 3. The van der Waals surface area contributed by atoms with Crippen molar-refractivity contribution in [1.29, 1.82) is 0 Å². The van der Waals surface area contributed by atoms with Crippen molar-refractivity contribution in [3.05, 3.63) is 82.4 Å². The molecule has 0 aliphatic rings. The van der Waals surface area contributed by atoms with Crippen LogP contribution < -0.4 is 0 Å². The van der Waals surface area contributed by atoms with Gasteiger partial charge in [0.15, 0.2) is 0 Å². The van der Waals surface area contributed by atoms with Gasteiger partial charge in [-0.15, -0.1) is 0 Å². The van der Waals surface area contributed by atoms with Crippen LogP contribution in [0.4, 0.5) is 4.39 Å². The van der Waals surface area contributed by atoms with Crippen LogP contribution in [0.2, 0.25) is 0 Å². The molecule has 152 valence electrons. The number of carboxylic acids is 1. The van der Waals surface area contributed by atoms with Gasteiger partial charge in [-0.2, -0.15) is 0 Å². The van der Waals surface area contributed by atoms with Gasteiger partial charge >= 0.3 is 5.97 Å². The van der Waals surface area contributed by atoms with Gasteiger partial charge in [-0.3, -0.25) is 4.98 Å². The van der Waals surface area contributed by atoms with E-state index in [1.807, 2.05) is 6.20 Å². The average Bonchev–Trinajstić information content (AvgIpc) is 3.06. The Morgan fingerprint density at radius 1 is 1.17 bits per heavy atom. The molecule has 6 heteroatoms. The Morgan fingerprint density at radius 3 is 2.55 bits per heavy atom. The predicted octanol–water partition coefficient (Wildman–Crippen LogP) is 4.77. The molecule has 0 bridgehead atoms. The average molecular weight is 395 g/mol. The van der Waals surface area contributed by atoms with E-state index < -0.39 is 5.97 Å². The van der Waals surface area contributed by atoms with E-state index in [4.69, 9.17) is 0 Å². The maximum Gasteiger partial charge on any atom is 0.335 e. The zero-order valence-corrected chi connectivity index (χ0v) is 17.0. The Bertz CT molecular complexity index is 994. The van der Waals surface area contributed by atoms with E-state index in [0.717, 1.165) is 35.6 Å². The van der Waals surface area contributed by atoms with Crippen molar-refractivity contribution in [2.45, 2.75) is 52.5 Å². The lowest BCUT2D eigenvalue weighted by molar-refractivity contribution is 0.0696. The number of hydrogen-bond acceptors (Lipinski definition) is 3. The molecule has 0 saturated carbocycles. The van der Waals surface area contributed by atoms with Gasteiger partial charge in [-0.25, -0.2) is 14.2 Å². The largest absolute Gasteiger partial charge is 0.478 e. The first kappa shape index (κ1) is 20.7. The van der Waals surface area contributed by atoms with Crippen LogP contribution in [0.1, 0.15) is 65.0 Å². The van der Waals surface area contributed by atoms with Gasteiger partial charge in [0.1, 0.15) is 11.6 Å². The third kappa shape index (κ3) is 5.28. The van der Waals surface area contributed by atoms with Crippen molar-refractivity contribution in [2.24, 2.45) is 0 Å². The molecule has 0 atom stereocenters. The van der Waals surface area contributed by atoms with E-state index in [1.165, 1.54) is 12.1 Å². The topological polar surface area (TPSA) is 68.0 Å². The number of aromatic carboxylic acids is 1. The minimum Gasteiger partial charge on any atom is -0.478 e. The number of carboxylic acid groups (broad SMARTS) is 1. The minimum absolute atomic E-state index is 0.241. The van der Waals surface area contributed by atoms with Crippen LogP contribution >= 0.6 is 0 Å². The van der Waals surface area contributed by atoms with E-state index in [2.05, 4.69) is 28.4 Å². The van der Waals surface area contributed by atoms with Gasteiger partial charge in [0.2, 0.25) is 0 Å². The number of pyridine rings is 1. The number of hydrogen-bond donors (Lipinski definition) is 1. The molecule has 0 saturated heterocycles. The highest BCUT2D eigenvalue weighted by molar-refractivity contribution is 5.87. The summed E-state index contributed by atoms with van der Waals surface area (Å²) in [4.78, 5) is 20.3. The molecule has 0 unspecified atom stereocenters. The molecule has 0 spiro atoms. The smallest absolute Gasteiger partial charge is 0.335 e. The summed E-state index contributed by atoms with van der Waals surface area (Å²) in [6.07, 6.45) is 4.17. The molecule has 3 aromatic rings. The Hall–Kier alpha value is -3.02. The summed E-state index contributed by atoms with van der Waals surface area (Å²) in [6.45, 7) is 6.72. The summed E-state index contributed by atoms with van der Waals surface area (Å²) in [5.74, 6) is 0.126. The molecule has 2 heterocycles. The lowest BCUT2D eigenvalue weighted by Crippen LogP contribution is -2.10. The van der Waals surface area contributed by atoms with Crippen LogP contribution in [0.25, 0.3) is 0 Å². The predicted molar refractivity (Wildman–Crippen MR) is 110 cm³/mol. The molecule has 1 N–H and O–H groups in total. The molecule has 0 amide bonds. The van der Waals surface area contributed by atoms with Crippen molar-refractivity contribution in [2.75, 3.05) is 0 Å². The number of imidazole rings is 1. The maximum atomic E-state index is 13.2. The van der Waals surface area contributed by atoms with Crippen LogP contribution in [-0.2, 0) is 19.4 Å². The van der Waals surface area contributed by atoms with Gasteiger partial charge in [0.25, 0.3) is 0 Å². The summed E-state index contributed by atoms with van der Waals surface area (Å²) >= 11 is 0. The van der Waals surface area contributed by atoms with Crippen LogP contribution in [0.15, 0.2) is 42.6 Å². The number of halogens is 1. The van der Waals surface area contributed by atoms with Crippen molar-refractivity contribution >= 4 is 5.97 Å². The summed E-state index contributed by atoms with van der Waals surface area (Å²) in [5.41, 5.74) is 3.93. The summed E-state index contributed by atoms with van der Waals surface area (Å²) in [7, 11) is 0. The zero-order valence-electron chi connectivity index (χ0n) is 17.0. The number of carbonyl (C=O) groups is 1. The molecule has 0 radical (unpaired) electrons. The van der Waals surface area contributed by atoms with Gasteiger partial charge in [0.05, 0.1) is 5.56 Å². The number of rotatable bonds is 8. The van der Waals surface area contributed by atoms with Crippen LogP contribution in [0, 0.1) is 12.7 Å². The van der Waals surface area contributed by atoms with Gasteiger partial charge in [0, 0.05) is 36.2 Å². The molecule has 5 nitrogen and oxygen atoms in total. The standard InChI is InChI=1S/C23H26FN3O2/c1-15(2)21-13-25-22(27(21)14-17-7-9-19(24)10-8-17)6-4-5-20-12-18(23(28)29)11-16(3)26-20/h7-13,15H,4-6,14H2,1-3H3,(H,28,29). The molecule has 2 aromatic heterocycles. The molecular weight excluding hydrogens is 369 g/mol. The van der Waals surface area contributed by atoms with E-state index in [-0.39, 0.29) is 11.4 Å². The summed E-state index contributed by atoms with van der Waals surface area (Å²) in [5, 5.41) is 9.22. The van der Waals surface area contributed by atoms with Crippen molar-refractivity contribution < 1.29 is 14.3 Å². The first-order valence-corrected chi connectivity index (χ1v) is 9.83. The summed E-state index contributed by atoms with van der Waals surface area (Å²) < 4.78 is 15.4. The first-order valence-electron chi connectivity index (χ1n) is 9.83. The second-order valence-electron chi connectivity index (χ2n) is 7.61. The van der Waals surface area contributed by atoms with E-state index >= 15 is 0 Å². The Kier molecular flexibility index (Phi) is 6.42. The van der Waals surface area contributed by atoms with E-state index in [0.29, 0.717) is 24.6 Å². The quantitative estimate of drug-likeness (QED) is 0.596. The van der Waals surface area contributed by atoms with Gasteiger partial charge < -0.3 is 9.67 Å². The second kappa shape index (κ2) is 8.99. The SMILES string of the molecule is Cc1cc(C(=O)O)cc(CCCc2ncc(C(C)C)n2Cc2ccc(F)cc2)n1. The molecule has 0 fully saturated rings. The van der Waals surface area contributed by atoms with Crippen LogP contribution in [0.5, 0.6) is 0 Å². The van der Waals surface area contributed by atoms with E-state index in [9.17, 15) is 14.3 Å². The third-order valence-corrected chi connectivity index (χ3v) is 4.90. The highest BCUT2D eigenvalue weighted by atomic mass is 19.1. The normalized spacial score (nSPS) is 11.2. The monoisotopic (exact) mass is 395 g/mol. The van der Waals surface area contributed by atoms with Crippen LogP contribution in [-0.4, -0.2) is 25.6 Å². The minimum atomic E-state index is -0.937. The molecule has 0 aliphatic carbocycles. The fourth-order valence-electron chi connectivity index (χ4n) is 3.46. The number of nitrogens with zero attached hydrogens (tertiary/aromatic N) is 3. The second-order valence-corrected chi connectivity index (χ2v) is 7.61. The maximum absolute atomic E-state index is 13.2. The van der Waals surface area contributed by atoms with Gasteiger partial charge in [-0.1, -0.05) is 26.0 Å². The Labute approximate surface area is 170 Å². The molecular formula is C23H26FN3O2. The summed E-state index contributed by atoms with van der Waals surface area (Å²) in [6, 6.07) is 9.77. The number of benzene rings is 1. The van der Waals surface area contributed by atoms with Gasteiger partial charge in [-0.05, 0) is 55.5 Å². The number of aryl methyl sites for hydroxylation is 3. The molecule has 3 rings (SSSR count). The third-order valence-electron chi connectivity index (χ3n) is 4.90. The zero-order chi connectivity index (χ0) is 21.0. The van der Waals surface area contributed by atoms with Crippen molar-refractivity contribution in [3.8, 4) is 0 Å². The first-order chi connectivity index (χ1) is 13.8. The molecule has 1 aromatic carbocycles. The molecule has 29 heavy (non-hydrogen) atoms. The van der Waals surface area contributed by atoms with Crippen molar-refractivity contribution in [3.63, 3.8) is 0 Å². The Morgan fingerprint density at radius 2 is 1.90 bits per heavy atom. The highest BCUT2D eigenvalue weighted by Crippen LogP contribution is 2.20. The van der Waals surface area contributed by atoms with Crippen molar-refractivity contribution in [1.82, 2.24) is 14.5 Å².